The number of amides is 1. The Labute approximate surface area is 172 Å². The maximum absolute atomic E-state index is 13.7. The number of rotatable bonds is 3. The van der Waals surface area contributed by atoms with Crippen molar-refractivity contribution >= 4 is 29.0 Å². The molecule has 3 aromatic heterocycles. The number of hydrogen-bond acceptors (Lipinski definition) is 5. The van der Waals surface area contributed by atoms with Gasteiger partial charge in [-0.1, -0.05) is 16.8 Å². The van der Waals surface area contributed by atoms with Crippen molar-refractivity contribution in [3.05, 3.63) is 47.3 Å². The summed E-state index contributed by atoms with van der Waals surface area (Å²) in [6.45, 7) is 0.418. The Hall–Kier alpha value is -3.21. The largest absolute Gasteiger partial charge is 0.472 e. The van der Waals surface area contributed by atoms with E-state index in [1.165, 1.54) is 29.7 Å². The summed E-state index contributed by atoms with van der Waals surface area (Å²) in [6, 6.07) is 2.44. The van der Waals surface area contributed by atoms with Crippen molar-refractivity contribution in [3.63, 3.8) is 0 Å². The van der Waals surface area contributed by atoms with Gasteiger partial charge in [0.1, 0.15) is 11.0 Å². The third kappa shape index (κ3) is 3.34. The molecule has 1 amide bonds. The van der Waals surface area contributed by atoms with Gasteiger partial charge in [0.05, 0.1) is 18.1 Å². The Bertz CT molecular complexity index is 1140. The van der Waals surface area contributed by atoms with Gasteiger partial charge in [-0.05, 0) is 18.6 Å². The summed E-state index contributed by atoms with van der Waals surface area (Å²) in [5.74, 6) is -1.00. The zero-order chi connectivity index (χ0) is 21.6. The van der Waals surface area contributed by atoms with Gasteiger partial charge in [-0.15, -0.1) is 0 Å². The van der Waals surface area contributed by atoms with Gasteiger partial charge in [0.15, 0.2) is 11.3 Å². The lowest BCUT2D eigenvalue weighted by Crippen LogP contribution is -2.32. The molecule has 1 aliphatic heterocycles. The molecule has 0 aromatic carbocycles. The van der Waals surface area contributed by atoms with Crippen LogP contribution in [-0.4, -0.2) is 44.3 Å². The van der Waals surface area contributed by atoms with Crippen LogP contribution in [0.2, 0.25) is 5.15 Å². The van der Waals surface area contributed by atoms with Crippen LogP contribution in [0.3, 0.4) is 0 Å². The molecule has 1 saturated heterocycles. The van der Waals surface area contributed by atoms with Crippen LogP contribution in [0, 0.1) is 5.92 Å². The molecule has 8 nitrogen and oxygen atoms in total. The molecule has 0 bridgehead atoms. The molecule has 4 rings (SSSR count). The number of fused-ring (bicyclic) bond motifs is 1. The van der Waals surface area contributed by atoms with E-state index in [1.54, 1.807) is 0 Å². The van der Waals surface area contributed by atoms with Crippen molar-refractivity contribution in [2.75, 3.05) is 13.1 Å². The average Bonchev–Trinajstić information content (AvgIpc) is 3.46. The highest BCUT2D eigenvalue weighted by atomic mass is 35.5. The van der Waals surface area contributed by atoms with Crippen molar-refractivity contribution in [1.82, 2.24) is 14.3 Å². The van der Waals surface area contributed by atoms with Gasteiger partial charge < -0.3 is 20.3 Å². The second-order valence-corrected chi connectivity index (χ2v) is 7.22. The second kappa shape index (κ2) is 7.24. The minimum atomic E-state index is -4.72. The average molecular weight is 442 g/mol. The van der Waals surface area contributed by atoms with E-state index in [9.17, 15) is 18.0 Å². The molecule has 30 heavy (non-hydrogen) atoms. The van der Waals surface area contributed by atoms with Gasteiger partial charge in [-0.25, -0.2) is 4.98 Å². The molecule has 0 radical (unpaired) electrons. The Morgan fingerprint density at radius 2 is 2.17 bits per heavy atom. The van der Waals surface area contributed by atoms with Crippen LogP contribution < -0.4 is 5.73 Å². The summed E-state index contributed by atoms with van der Waals surface area (Å²) in [4.78, 5) is 18.2. The molecule has 3 N–H and O–H groups in total. The molecular formula is C18H15ClF3N5O3. The van der Waals surface area contributed by atoms with Crippen molar-refractivity contribution in [2.45, 2.75) is 12.6 Å². The molecular weight excluding hydrogens is 427 g/mol. The van der Waals surface area contributed by atoms with Crippen LogP contribution >= 0.6 is 11.6 Å². The number of likely N-dealkylation sites (tertiary alicyclic amines) is 1. The van der Waals surface area contributed by atoms with E-state index in [0.29, 0.717) is 12.0 Å². The van der Waals surface area contributed by atoms with Crippen LogP contribution in [0.4, 0.5) is 13.2 Å². The number of nitrogens with zero attached hydrogens (tertiary/aromatic N) is 4. The summed E-state index contributed by atoms with van der Waals surface area (Å²) in [6.07, 6.45) is -0.269. The van der Waals surface area contributed by atoms with Crippen molar-refractivity contribution in [1.29, 1.82) is 0 Å². The number of halogens is 4. The van der Waals surface area contributed by atoms with Crippen LogP contribution in [0.1, 0.15) is 22.5 Å². The molecule has 4 heterocycles. The fraction of sp³-hybridized carbons (Fsp3) is 0.278. The monoisotopic (exact) mass is 441 g/mol. The van der Waals surface area contributed by atoms with Crippen LogP contribution in [0.25, 0.3) is 16.8 Å². The van der Waals surface area contributed by atoms with E-state index in [0.717, 1.165) is 10.5 Å². The third-order valence-electron chi connectivity index (χ3n) is 5.03. The molecule has 1 aliphatic rings. The lowest BCUT2D eigenvalue weighted by atomic mass is 10.1. The number of carbonyl (C=O) groups is 1. The Morgan fingerprint density at radius 1 is 1.40 bits per heavy atom. The van der Waals surface area contributed by atoms with Crippen LogP contribution in [-0.2, 0) is 6.18 Å². The molecule has 0 saturated carbocycles. The Morgan fingerprint density at radius 3 is 2.80 bits per heavy atom. The zero-order valence-electron chi connectivity index (χ0n) is 15.2. The molecule has 0 aliphatic carbocycles. The first-order chi connectivity index (χ1) is 14.2. The third-order valence-corrected chi connectivity index (χ3v) is 5.39. The lowest BCUT2D eigenvalue weighted by Gasteiger charge is -2.14. The van der Waals surface area contributed by atoms with E-state index in [2.05, 4.69) is 10.1 Å². The topological polar surface area (TPSA) is 109 Å². The predicted molar refractivity (Wildman–Crippen MR) is 100 cm³/mol. The molecule has 12 heteroatoms. The van der Waals surface area contributed by atoms with E-state index >= 15 is 0 Å². The standard InChI is InChI=1S/C18H15ClF3N5O3/c19-14-13(17(28)26-3-1-9(6-26)15(23)25-29)24-16-12(18(20,21)22)5-11(7-27(14)16)10-2-4-30-8-10/h2,4-5,7-9,29H,1,3,6H2,(H2,23,25). The molecule has 158 valence electrons. The number of alkyl halides is 3. The molecule has 3 aromatic rings. The first-order valence-electron chi connectivity index (χ1n) is 8.78. The SMILES string of the molecule is NC(=NO)C1CCN(C(=O)c2nc3c(C(F)(F)F)cc(-c4ccoc4)cn3c2Cl)C1. The van der Waals surface area contributed by atoms with E-state index in [1.807, 2.05) is 0 Å². The van der Waals surface area contributed by atoms with Crippen molar-refractivity contribution in [3.8, 4) is 11.1 Å². The van der Waals surface area contributed by atoms with Gasteiger partial charge in [0, 0.05) is 36.3 Å². The molecule has 1 unspecified atom stereocenters. The van der Waals surface area contributed by atoms with Gasteiger partial charge in [0.2, 0.25) is 0 Å². The number of nitrogens with two attached hydrogens (primary N) is 1. The maximum Gasteiger partial charge on any atom is 0.420 e. The minimum Gasteiger partial charge on any atom is -0.472 e. The van der Waals surface area contributed by atoms with E-state index in [-0.39, 0.29) is 41.3 Å². The predicted octanol–water partition coefficient (Wildman–Crippen LogP) is 3.48. The summed E-state index contributed by atoms with van der Waals surface area (Å²) in [5.41, 5.74) is 4.40. The summed E-state index contributed by atoms with van der Waals surface area (Å²) in [7, 11) is 0. The normalized spacial score (nSPS) is 17.8. The number of aromatic nitrogens is 2. The smallest absolute Gasteiger partial charge is 0.420 e. The number of oxime groups is 1. The number of amidine groups is 1. The number of pyridine rings is 1. The Balaban J connectivity index is 1.79. The summed E-state index contributed by atoms with van der Waals surface area (Å²) in [5, 5.41) is 11.5. The Kier molecular flexibility index (Phi) is 4.85. The van der Waals surface area contributed by atoms with E-state index in [4.69, 9.17) is 27.0 Å². The van der Waals surface area contributed by atoms with Gasteiger partial charge in [-0.2, -0.15) is 13.2 Å². The van der Waals surface area contributed by atoms with Crippen molar-refractivity contribution in [2.24, 2.45) is 16.8 Å². The highest BCUT2D eigenvalue weighted by Gasteiger charge is 2.37. The van der Waals surface area contributed by atoms with Crippen molar-refractivity contribution < 1.29 is 27.6 Å². The van der Waals surface area contributed by atoms with E-state index < -0.39 is 23.3 Å². The number of furan rings is 1. The molecule has 1 fully saturated rings. The summed E-state index contributed by atoms with van der Waals surface area (Å²) < 4.78 is 47.1. The quantitative estimate of drug-likeness (QED) is 0.280. The summed E-state index contributed by atoms with van der Waals surface area (Å²) >= 11 is 6.29. The highest BCUT2D eigenvalue weighted by Crippen LogP contribution is 2.37. The first-order valence-corrected chi connectivity index (χ1v) is 9.16. The minimum absolute atomic E-state index is 0.0180. The first kappa shape index (κ1) is 20.1. The number of carbonyl (C=O) groups excluding carboxylic acids is 1. The van der Waals surface area contributed by atoms with Crippen LogP contribution in [0.5, 0.6) is 0 Å². The fourth-order valence-corrected chi connectivity index (χ4v) is 3.72. The van der Waals surface area contributed by atoms with Gasteiger partial charge in [0.25, 0.3) is 5.91 Å². The molecule has 1 atom stereocenters. The maximum atomic E-state index is 13.7. The zero-order valence-corrected chi connectivity index (χ0v) is 16.0. The van der Waals surface area contributed by atoms with Gasteiger partial charge in [-0.3, -0.25) is 9.20 Å². The number of hydrogen-bond donors (Lipinski definition) is 2. The fourth-order valence-electron chi connectivity index (χ4n) is 3.47. The number of imidazole rings is 1. The highest BCUT2D eigenvalue weighted by molar-refractivity contribution is 6.33. The molecule has 0 spiro atoms. The van der Waals surface area contributed by atoms with Crippen LogP contribution in [0.15, 0.2) is 40.4 Å². The lowest BCUT2D eigenvalue weighted by molar-refractivity contribution is -0.136. The van der Waals surface area contributed by atoms with Gasteiger partial charge >= 0.3 is 6.18 Å². The second-order valence-electron chi connectivity index (χ2n) is 6.86.